The highest BCUT2D eigenvalue weighted by atomic mass is 16.5. The van der Waals surface area contributed by atoms with Crippen molar-refractivity contribution >= 4 is 11.8 Å². The quantitative estimate of drug-likeness (QED) is 0.427. The third-order valence-corrected chi connectivity index (χ3v) is 7.67. The topological polar surface area (TPSA) is 43.4 Å². The monoisotopic (exact) mass is 382 g/mol. The van der Waals surface area contributed by atoms with Gasteiger partial charge < -0.3 is 4.74 Å². The molecule has 0 bridgehead atoms. The Morgan fingerprint density at radius 1 is 1.14 bits per heavy atom. The van der Waals surface area contributed by atoms with E-state index in [1.165, 1.54) is 29.6 Å². The van der Waals surface area contributed by atoms with Crippen LogP contribution in [0.5, 0.6) is 0 Å². The van der Waals surface area contributed by atoms with Gasteiger partial charge in [-0.25, -0.2) is 0 Å². The summed E-state index contributed by atoms with van der Waals surface area (Å²) in [5.41, 5.74) is 4.15. The van der Waals surface area contributed by atoms with E-state index < -0.39 is 0 Å². The smallest absolute Gasteiger partial charge is 0.306 e. The van der Waals surface area contributed by atoms with Crippen molar-refractivity contribution in [1.82, 2.24) is 0 Å². The summed E-state index contributed by atoms with van der Waals surface area (Å²) in [4.78, 5) is 24.2. The summed E-state index contributed by atoms with van der Waals surface area (Å²) in [5.74, 6) is 1.38. The Labute approximate surface area is 169 Å². The predicted molar refractivity (Wildman–Crippen MR) is 111 cm³/mol. The zero-order valence-corrected chi connectivity index (χ0v) is 17.5. The molecule has 1 saturated carbocycles. The van der Waals surface area contributed by atoms with Crippen molar-refractivity contribution in [1.29, 1.82) is 0 Å². The number of ether oxygens (including phenoxy) is 1. The van der Waals surface area contributed by atoms with E-state index in [9.17, 15) is 9.59 Å². The summed E-state index contributed by atoms with van der Waals surface area (Å²) in [6.07, 6.45) is 17.4. The highest BCUT2D eigenvalue weighted by molar-refractivity contribution is 5.93. The number of fused-ring (bicyclic) bond motifs is 4. The van der Waals surface area contributed by atoms with Crippen LogP contribution in [-0.2, 0) is 14.3 Å². The van der Waals surface area contributed by atoms with Gasteiger partial charge in [-0.05, 0) is 73.2 Å². The van der Waals surface area contributed by atoms with Crippen LogP contribution < -0.4 is 0 Å². The van der Waals surface area contributed by atoms with Gasteiger partial charge in [0.25, 0.3) is 0 Å². The number of esters is 1. The third kappa shape index (κ3) is 3.53. The number of hydrogen-bond donors (Lipinski definition) is 0. The Morgan fingerprint density at radius 3 is 2.82 bits per heavy atom. The van der Waals surface area contributed by atoms with E-state index in [1.54, 1.807) is 0 Å². The molecule has 1 fully saturated rings. The maximum absolute atomic E-state index is 12.4. The van der Waals surface area contributed by atoms with Gasteiger partial charge in [0.1, 0.15) is 6.10 Å². The van der Waals surface area contributed by atoms with Crippen LogP contribution >= 0.6 is 0 Å². The van der Waals surface area contributed by atoms with Crippen molar-refractivity contribution in [3.05, 3.63) is 34.9 Å². The molecule has 0 amide bonds. The van der Waals surface area contributed by atoms with E-state index in [0.717, 1.165) is 44.9 Å². The number of carbonyl (C=O) groups is 2. The summed E-state index contributed by atoms with van der Waals surface area (Å²) < 4.78 is 6.00. The molecule has 4 aliphatic carbocycles. The fourth-order valence-corrected chi connectivity index (χ4v) is 6.07. The van der Waals surface area contributed by atoms with Crippen LogP contribution in [0, 0.1) is 17.3 Å². The van der Waals surface area contributed by atoms with Crippen LogP contribution in [0.3, 0.4) is 0 Å². The minimum atomic E-state index is -0.0422. The Hall–Kier alpha value is -1.64. The Balaban J connectivity index is 1.49. The molecule has 4 aliphatic rings. The van der Waals surface area contributed by atoms with Gasteiger partial charge >= 0.3 is 5.97 Å². The molecule has 0 N–H and O–H groups in total. The van der Waals surface area contributed by atoms with Crippen molar-refractivity contribution < 1.29 is 14.3 Å². The minimum absolute atomic E-state index is 0.0137. The second-order valence-electron chi connectivity index (χ2n) is 9.39. The van der Waals surface area contributed by atoms with Crippen LogP contribution in [0.25, 0.3) is 0 Å². The lowest BCUT2D eigenvalue weighted by atomic mass is 9.60. The molecule has 0 saturated heterocycles. The number of unbranched alkanes of at least 4 members (excludes halogenated alkanes) is 3. The fraction of sp³-hybridized carbons (Fsp3) is 0.680. The Morgan fingerprint density at radius 2 is 2.00 bits per heavy atom. The second-order valence-corrected chi connectivity index (χ2v) is 9.39. The molecule has 0 radical (unpaired) electrons. The van der Waals surface area contributed by atoms with Gasteiger partial charge in [0.15, 0.2) is 5.78 Å². The molecule has 4 atom stereocenters. The Kier molecular flexibility index (Phi) is 5.62. The standard InChI is InChI=1S/C25H34O3/c1-3-4-5-6-7-24(27)28-23-13-12-22-21-10-8-17-16-18(26)9-11-19(17)20(21)14-15-25(22,23)2/h14-16,21-23H,3-13H2,1-2H3/t21-,22+,23+,25+/m0/s1. The molecule has 0 aliphatic heterocycles. The number of allylic oxidation sites excluding steroid dienone is 5. The summed E-state index contributed by atoms with van der Waals surface area (Å²) in [6.45, 7) is 4.49. The molecule has 0 heterocycles. The first kappa shape index (κ1) is 19.7. The van der Waals surface area contributed by atoms with E-state index in [-0.39, 0.29) is 23.3 Å². The van der Waals surface area contributed by atoms with Crippen molar-refractivity contribution in [2.24, 2.45) is 17.3 Å². The third-order valence-electron chi connectivity index (χ3n) is 7.67. The van der Waals surface area contributed by atoms with Crippen LogP contribution in [0.2, 0.25) is 0 Å². The summed E-state index contributed by atoms with van der Waals surface area (Å²) in [7, 11) is 0. The Bertz CT molecular complexity index is 741. The normalized spacial score (nSPS) is 33.9. The first-order chi connectivity index (χ1) is 13.5. The zero-order valence-electron chi connectivity index (χ0n) is 17.5. The molecule has 152 valence electrons. The van der Waals surface area contributed by atoms with Crippen molar-refractivity contribution in [2.45, 2.75) is 90.6 Å². The van der Waals surface area contributed by atoms with Gasteiger partial charge in [-0.2, -0.15) is 0 Å². The molecule has 0 aromatic rings. The van der Waals surface area contributed by atoms with Crippen LogP contribution in [0.15, 0.2) is 34.9 Å². The maximum Gasteiger partial charge on any atom is 0.306 e. The van der Waals surface area contributed by atoms with E-state index >= 15 is 0 Å². The van der Waals surface area contributed by atoms with Crippen LogP contribution in [-0.4, -0.2) is 17.9 Å². The average Bonchev–Trinajstić information content (AvgIpc) is 3.01. The van der Waals surface area contributed by atoms with Crippen molar-refractivity contribution in [2.75, 3.05) is 0 Å². The van der Waals surface area contributed by atoms with Gasteiger partial charge in [0, 0.05) is 18.3 Å². The predicted octanol–water partition coefficient (Wildman–Crippen LogP) is 5.85. The summed E-state index contributed by atoms with van der Waals surface area (Å²) in [6, 6.07) is 0. The minimum Gasteiger partial charge on any atom is -0.461 e. The van der Waals surface area contributed by atoms with E-state index in [2.05, 4.69) is 26.0 Å². The van der Waals surface area contributed by atoms with E-state index in [1.807, 2.05) is 6.08 Å². The molecule has 28 heavy (non-hydrogen) atoms. The van der Waals surface area contributed by atoms with Crippen molar-refractivity contribution in [3.63, 3.8) is 0 Å². The molecule has 3 heteroatoms. The first-order valence-corrected chi connectivity index (χ1v) is 11.4. The molecule has 0 spiro atoms. The van der Waals surface area contributed by atoms with Gasteiger partial charge in [-0.1, -0.05) is 45.3 Å². The lowest BCUT2D eigenvalue weighted by molar-refractivity contribution is -0.153. The highest BCUT2D eigenvalue weighted by Gasteiger charge is 2.53. The molecule has 0 aromatic heterocycles. The zero-order chi connectivity index (χ0) is 19.7. The van der Waals surface area contributed by atoms with Crippen LogP contribution in [0.4, 0.5) is 0 Å². The van der Waals surface area contributed by atoms with E-state index in [4.69, 9.17) is 4.74 Å². The summed E-state index contributed by atoms with van der Waals surface area (Å²) in [5, 5.41) is 0. The SMILES string of the molecule is CCCCCCC(=O)O[C@@H]1CC[C@@H]2[C@H]3CCC4=CC(=O)CCC4=C3C=C[C@]21C. The number of hydrogen-bond acceptors (Lipinski definition) is 3. The second kappa shape index (κ2) is 8.00. The summed E-state index contributed by atoms with van der Waals surface area (Å²) >= 11 is 0. The lowest BCUT2D eigenvalue weighted by Gasteiger charge is -2.45. The number of ketones is 1. The van der Waals surface area contributed by atoms with Gasteiger partial charge in [0.2, 0.25) is 0 Å². The number of rotatable bonds is 6. The molecule has 4 rings (SSSR count). The first-order valence-electron chi connectivity index (χ1n) is 11.4. The average molecular weight is 383 g/mol. The van der Waals surface area contributed by atoms with Gasteiger partial charge in [0.05, 0.1) is 0 Å². The molecular weight excluding hydrogens is 348 g/mol. The largest absolute Gasteiger partial charge is 0.461 e. The van der Waals surface area contributed by atoms with Gasteiger partial charge in [-0.3, -0.25) is 9.59 Å². The molecule has 3 nitrogen and oxygen atoms in total. The van der Waals surface area contributed by atoms with Gasteiger partial charge in [-0.15, -0.1) is 0 Å². The van der Waals surface area contributed by atoms with Crippen LogP contribution in [0.1, 0.15) is 84.5 Å². The number of carbonyl (C=O) groups excluding carboxylic acids is 2. The molecular formula is C25H34O3. The van der Waals surface area contributed by atoms with Crippen molar-refractivity contribution in [3.8, 4) is 0 Å². The highest BCUT2D eigenvalue weighted by Crippen LogP contribution is 2.57. The fourth-order valence-electron chi connectivity index (χ4n) is 6.07. The molecule has 0 aromatic carbocycles. The maximum atomic E-state index is 12.4. The lowest BCUT2D eigenvalue weighted by Crippen LogP contribution is -2.40. The molecule has 0 unspecified atom stereocenters. The van der Waals surface area contributed by atoms with E-state index in [0.29, 0.717) is 24.7 Å².